The smallest absolute Gasteiger partial charge is 0.0541 e. The van der Waals surface area contributed by atoms with Crippen molar-refractivity contribution in [3.8, 4) is 22.5 Å². The van der Waals surface area contributed by atoms with Crippen LogP contribution >= 0.6 is 0 Å². The van der Waals surface area contributed by atoms with Crippen LogP contribution in [0, 0.1) is 0 Å². The summed E-state index contributed by atoms with van der Waals surface area (Å²) in [7, 11) is 0. The third-order valence-corrected chi connectivity index (χ3v) is 9.13. The summed E-state index contributed by atoms with van der Waals surface area (Å²) in [6.45, 7) is 0. The van der Waals surface area contributed by atoms with E-state index in [2.05, 4.69) is 167 Å². The van der Waals surface area contributed by atoms with E-state index in [-0.39, 0.29) is 0 Å². The molecule has 9 rings (SSSR count). The van der Waals surface area contributed by atoms with Gasteiger partial charge in [0.1, 0.15) is 0 Å². The molecule has 0 N–H and O–H groups in total. The minimum absolute atomic E-state index is 1.10. The topological polar surface area (TPSA) is 9.86 Å². The van der Waals surface area contributed by atoms with E-state index < -0.39 is 0 Å². The number of para-hydroxylation sites is 3. The largest absolute Gasteiger partial charge is 0.309 e. The molecule has 0 saturated heterocycles. The van der Waals surface area contributed by atoms with Gasteiger partial charge in [0.2, 0.25) is 0 Å². The van der Waals surface area contributed by atoms with E-state index in [1.165, 1.54) is 77.2 Å². The average molecular weight is 563 g/mol. The van der Waals surface area contributed by atoms with E-state index >= 15 is 0 Å². The quantitative estimate of drug-likeness (QED) is 0.202. The molecule has 2 heterocycles. The van der Waals surface area contributed by atoms with Gasteiger partial charge in [0, 0.05) is 32.9 Å². The van der Waals surface area contributed by atoms with E-state index in [0.717, 1.165) is 12.8 Å². The molecule has 1 aliphatic rings. The van der Waals surface area contributed by atoms with Crippen LogP contribution in [-0.2, 0) is 0 Å². The highest BCUT2D eigenvalue weighted by Crippen LogP contribution is 2.39. The van der Waals surface area contributed by atoms with Crippen molar-refractivity contribution in [1.82, 2.24) is 9.13 Å². The van der Waals surface area contributed by atoms with Crippen molar-refractivity contribution in [1.29, 1.82) is 0 Å². The lowest BCUT2D eigenvalue weighted by Gasteiger charge is -2.10. The fourth-order valence-corrected chi connectivity index (χ4v) is 7.07. The van der Waals surface area contributed by atoms with Gasteiger partial charge in [-0.1, -0.05) is 91.0 Å². The summed E-state index contributed by atoms with van der Waals surface area (Å²) in [6.07, 6.45) is 9.15. The molecule has 2 heteroatoms. The molecule has 44 heavy (non-hydrogen) atoms. The van der Waals surface area contributed by atoms with Crippen molar-refractivity contribution < 1.29 is 0 Å². The summed E-state index contributed by atoms with van der Waals surface area (Å²) in [6, 6.07) is 51.0. The van der Waals surface area contributed by atoms with Crippen LogP contribution < -0.4 is 0 Å². The standard InChI is InChI=1S/C42H30N2/c1-4-12-29(13-5-1)30-20-23-41-37(26-30)38-28-32(22-25-42(38)44(41)34-16-8-3-9-17-34)31-21-24-40-36(27-31)35-18-10-11-19-39(35)43(40)33-14-6-2-7-15-33/h2-4,6-28H,1,5H2. The summed E-state index contributed by atoms with van der Waals surface area (Å²) >= 11 is 0. The number of aromatic nitrogens is 2. The van der Waals surface area contributed by atoms with Crippen LogP contribution in [-0.4, -0.2) is 9.13 Å². The third-order valence-electron chi connectivity index (χ3n) is 9.13. The van der Waals surface area contributed by atoms with Gasteiger partial charge in [0.05, 0.1) is 22.1 Å². The number of fused-ring (bicyclic) bond motifs is 6. The summed E-state index contributed by atoms with van der Waals surface area (Å²) in [5.41, 5.74) is 12.3. The Morgan fingerprint density at radius 3 is 1.43 bits per heavy atom. The van der Waals surface area contributed by atoms with Crippen LogP contribution in [0.4, 0.5) is 0 Å². The van der Waals surface area contributed by atoms with Gasteiger partial charge in [-0.25, -0.2) is 0 Å². The SMILES string of the molecule is C1=CC(c2ccc3c(c2)c2cc(-c4ccc5c(c4)c4ccccc4n5-c4ccccc4)ccc2n3-c2ccccc2)=CCC1. The van der Waals surface area contributed by atoms with Crippen LogP contribution in [0.15, 0.2) is 158 Å². The normalized spacial score (nSPS) is 13.3. The predicted octanol–water partition coefficient (Wildman–Crippen LogP) is 11.3. The molecule has 2 aromatic heterocycles. The summed E-state index contributed by atoms with van der Waals surface area (Å²) in [5.74, 6) is 0. The number of benzene rings is 6. The first-order valence-corrected chi connectivity index (χ1v) is 15.4. The van der Waals surface area contributed by atoms with Crippen molar-refractivity contribution in [3.63, 3.8) is 0 Å². The van der Waals surface area contributed by atoms with Gasteiger partial charge < -0.3 is 9.13 Å². The molecular formula is C42H30N2. The fraction of sp³-hybridized carbons (Fsp3) is 0.0476. The van der Waals surface area contributed by atoms with Crippen LogP contribution in [0.25, 0.3) is 71.7 Å². The Balaban J connectivity index is 1.27. The zero-order chi connectivity index (χ0) is 29.0. The molecule has 0 fully saturated rings. The van der Waals surface area contributed by atoms with Crippen LogP contribution in [0.2, 0.25) is 0 Å². The lowest BCUT2D eigenvalue weighted by Crippen LogP contribution is -1.93. The van der Waals surface area contributed by atoms with Crippen molar-refractivity contribution in [2.45, 2.75) is 12.8 Å². The molecule has 0 saturated carbocycles. The zero-order valence-corrected chi connectivity index (χ0v) is 24.3. The first-order valence-electron chi connectivity index (χ1n) is 15.4. The summed E-state index contributed by atoms with van der Waals surface area (Å²) < 4.78 is 4.78. The van der Waals surface area contributed by atoms with E-state index in [0.29, 0.717) is 0 Å². The Hall–Kier alpha value is -5.60. The maximum atomic E-state index is 2.40. The van der Waals surface area contributed by atoms with Gasteiger partial charge >= 0.3 is 0 Å². The van der Waals surface area contributed by atoms with Gasteiger partial charge in [0.15, 0.2) is 0 Å². The Bertz CT molecular complexity index is 2420. The Morgan fingerprint density at radius 2 is 0.864 bits per heavy atom. The van der Waals surface area contributed by atoms with Crippen LogP contribution in [0.1, 0.15) is 18.4 Å². The second-order valence-electron chi connectivity index (χ2n) is 11.7. The molecule has 2 nitrogen and oxygen atoms in total. The van der Waals surface area contributed by atoms with Gasteiger partial charge in [-0.3, -0.25) is 0 Å². The molecular weight excluding hydrogens is 532 g/mol. The minimum atomic E-state index is 1.10. The lowest BCUT2D eigenvalue weighted by molar-refractivity contribution is 1.04. The van der Waals surface area contributed by atoms with E-state index in [1.54, 1.807) is 0 Å². The minimum Gasteiger partial charge on any atom is -0.309 e. The van der Waals surface area contributed by atoms with Crippen LogP contribution in [0.5, 0.6) is 0 Å². The van der Waals surface area contributed by atoms with Gasteiger partial charge in [-0.15, -0.1) is 0 Å². The number of hydrogen-bond acceptors (Lipinski definition) is 0. The Kier molecular flexibility index (Phi) is 5.67. The maximum absolute atomic E-state index is 2.40. The maximum Gasteiger partial charge on any atom is 0.0541 e. The monoisotopic (exact) mass is 562 g/mol. The average Bonchev–Trinajstić information content (AvgIpc) is 3.61. The molecule has 0 unspecified atom stereocenters. The molecule has 0 atom stereocenters. The highest BCUT2D eigenvalue weighted by atomic mass is 15.0. The van der Waals surface area contributed by atoms with Crippen molar-refractivity contribution in [2.75, 3.05) is 0 Å². The number of hydrogen-bond donors (Lipinski definition) is 0. The van der Waals surface area contributed by atoms with Gasteiger partial charge in [-0.2, -0.15) is 0 Å². The predicted molar refractivity (Wildman–Crippen MR) is 187 cm³/mol. The Morgan fingerprint density at radius 1 is 0.386 bits per heavy atom. The first-order chi connectivity index (χ1) is 21.8. The molecule has 208 valence electrons. The molecule has 0 radical (unpaired) electrons. The highest BCUT2D eigenvalue weighted by molar-refractivity contribution is 6.13. The molecule has 0 spiro atoms. The van der Waals surface area contributed by atoms with E-state index in [9.17, 15) is 0 Å². The molecule has 8 aromatic rings. The van der Waals surface area contributed by atoms with Crippen LogP contribution in [0.3, 0.4) is 0 Å². The zero-order valence-electron chi connectivity index (χ0n) is 24.3. The van der Waals surface area contributed by atoms with Crippen molar-refractivity contribution >= 4 is 49.2 Å². The third kappa shape index (κ3) is 3.88. The number of rotatable bonds is 4. The van der Waals surface area contributed by atoms with Crippen molar-refractivity contribution in [3.05, 3.63) is 163 Å². The molecule has 1 aliphatic carbocycles. The van der Waals surface area contributed by atoms with E-state index in [4.69, 9.17) is 0 Å². The Labute approximate surface area is 256 Å². The highest BCUT2D eigenvalue weighted by Gasteiger charge is 2.17. The van der Waals surface area contributed by atoms with Crippen molar-refractivity contribution in [2.24, 2.45) is 0 Å². The van der Waals surface area contributed by atoms with Gasteiger partial charge in [-0.05, 0) is 102 Å². The summed E-state index contributed by atoms with van der Waals surface area (Å²) in [5, 5.41) is 5.10. The van der Waals surface area contributed by atoms with Gasteiger partial charge in [0.25, 0.3) is 0 Å². The summed E-state index contributed by atoms with van der Waals surface area (Å²) in [4.78, 5) is 0. The lowest BCUT2D eigenvalue weighted by atomic mass is 9.97. The second-order valence-corrected chi connectivity index (χ2v) is 11.7. The molecule has 6 aromatic carbocycles. The molecule has 0 aliphatic heterocycles. The molecule has 0 amide bonds. The second kappa shape index (κ2) is 10.00. The number of allylic oxidation sites excluding steroid dienone is 4. The fourth-order valence-electron chi connectivity index (χ4n) is 7.07. The first kappa shape index (κ1) is 24.9. The molecule has 0 bridgehead atoms. The van der Waals surface area contributed by atoms with E-state index in [1.807, 2.05) is 0 Å². The number of nitrogens with zero attached hydrogens (tertiary/aromatic N) is 2.